The van der Waals surface area contributed by atoms with Gasteiger partial charge in [0.1, 0.15) is 11.6 Å². The van der Waals surface area contributed by atoms with Gasteiger partial charge in [-0.05, 0) is 42.7 Å². The second kappa shape index (κ2) is 9.80. The fourth-order valence-electron chi connectivity index (χ4n) is 3.29. The van der Waals surface area contributed by atoms with Gasteiger partial charge in [-0.1, -0.05) is 23.7 Å². The highest BCUT2D eigenvalue weighted by molar-refractivity contribution is 6.30. The Labute approximate surface area is 173 Å². The first-order valence-electron chi connectivity index (χ1n) is 9.40. The van der Waals surface area contributed by atoms with E-state index in [2.05, 4.69) is 15.5 Å². The molecule has 1 heterocycles. The molecule has 1 fully saturated rings. The largest absolute Gasteiger partial charge is 0.352 e. The zero-order valence-electron chi connectivity index (χ0n) is 15.8. The Kier molecular flexibility index (Phi) is 7.17. The predicted molar refractivity (Wildman–Crippen MR) is 107 cm³/mol. The standard InChI is InChI=1S/C21H22ClF2N3O2/c22-15-3-1-14(2-4-15)13-27-9-7-17(8-10-27)26-20(28)12-25-21(29)18-6-5-16(23)11-19(18)24/h1-6,11,17H,7-10,12-13H2,(H,25,29)(H,26,28). The molecule has 1 aliphatic rings. The predicted octanol–water partition coefficient (Wildman–Crippen LogP) is 3.13. The van der Waals surface area contributed by atoms with E-state index >= 15 is 0 Å². The van der Waals surface area contributed by atoms with Crippen LogP contribution in [0.15, 0.2) is 42.5 Å². The molecule has 0 bridgehead atoms. The molecular formula is C21H22ClF2N3O2. The summed E-state index contributed by atoms with van der Waals surface area (Å²) >= 11 is 5.90. The number of halogens is 3. The van der Waals surface area contributed by atoms with E-state index in [4.69, 9.17) is 11.6 Å². The van der Waals surface area contributed by atoms with E-state index in [1.54, 1.807) is 0 Å². The number of hydrogen-bond donors (Lipinski definition) is 2. The molecule has 154 valence electrons. The van der Waals surface area contributed by atoms with E-state index < -0.39 is 17.5 Å². The minimum Gasteiger partial charge on any atom is -0.352 e. The number of carbonyl (C=O) groups excluding carboxylic acids is 2. The van der Waals surface area contributed by atoms with Crippen LogP contribution in [0.1, 0.15) is 28.8 Å². The lowest BCUT2D eigenvalue weighted by Gasteiger charge is -2.32. The molecule has 1 saturated heterocycles. The Bertz CT molecular complexity index is 869. The van der Waals surface area contributed by atoms with E-state index in [1.165, 1.54) is 5.56 Å². The fraction of sp³-hybridized carbons (Fsp3) is 0.333. The first-order chi connectivity index (χ1) is 13.9. The number of nitrogens with one attached hydrogen (secondary N) is 2. The van der Waals surface area contributed by atoms with Gasteiger partial charge in [-0.25, -0.2) is 8.78 Å². The van der Waals surface area contributed by atoms with Crippen molar-refractivity contribution in [1.29, 1.82) is 0 Å². The molecule has 2 aromatic carbocycles. The quantitative estimate of drug-likeness (QED) is 0.753. The number of amides is 2. The Morgan fingerprint density at radius 3 is 2.41 bits per heavy atom. The number of piperidine rings is 1. The maximum absolute atomic E-state index is 13.6. The smallest absolute Gasteiger partial charge is 0.254 e. The Morgan fingerprint density at radius 1 is 1.07 bits per heavy atom. The SMILES string of the molecule is O=C(CNC(=O)c1ccc(F)cc1F)NC1CCN(Cc2ccc(Cl)cc2)CC1. The normalized spacial score (nSPS) is 15.1. The molecular weight excluding hydrogens is 400 g/mol. The molecule has 2 aromatic rings. The number of likely N-dealkylation sites (tertiary alicyclic amines) is 1. The zero-order valence-corrected chi connectivity index (χ0v) is 16.5. The lowest BCUT2D eigenvalue weighted by atomic mass is 10.0. The molecule has 3 rings (SSSR count). The monoisotopic (exact) mass is 421 g/mol. The van der Waals surface area contributed by atoms with Crippen LogP contribution in [0.2, 0.25) is 5.02 Å². The third-order valence-corrected chi connectivity index (χ3v) is 5.11. The van der Waals surface area contributed by atoms with Gasteiger partial charge >= 0.3 is 0 Å². The number of nitrogens with zero attached hydrogens (tertiary/aromatic N) is 1. The topological polar surface area (TPSA) is 61.4 Å². The second-order valence-corrected chi connectivity index (χ2v) is 7.49. The average Bonchev–Trinajstić information content (AvgIpc) is 2.69. The minimum atomic E-state index is -0.962. The number of rotatable bonds is 6. The molecule has 8 heteroatoms. The third kappa shape index (κ3) is 6.24. The molecule has 2 amide bonds. The van der Waals surface area contributed by atoms with Crippen molar-refractivity contribution in [3.8, 4) is 0 Å². The number of carbonyl (C=O) groups is 2. The van der Waals surface area contributed by atoms with E-state index in [0.717, 1.165) is 44.6 Å². The van der Waals surface area contributed by atoms with E-state index in [0.29, 0.717) is 11.1 Å². The fourth-order valence-corrected chi connectivity index (χ4v) is 3.42. The molecule has 0 radical (unpaired) electrons. The van der Waals surface area contributed by atoms with Gasteiger partial charge < -0.3 is 10.6 Å². The van der Waals surface area contributed by atoms with Crippen molar-refractivity contribution < 1.29 is 18.4 Å². The van der Waals surface area contributed by atoms with Gasteiger partial charge in [-0.2, -0.15) is 0 Å². The van der Waals surface area contributed by atoms with Crippen LogP contribution in [0.3, 0.4) is 0 Å². The highest BCUT2D eigenvalue weighted by atomic mass is 35.5. The van der Waals surface area contributed by atoms with Crippen molar-refractivity contribution in [1.82, 2.24) is 15.5 Å². The highest BCUT2D eigenvalue weighted by Crippen LogP contribution is 2.16. The Hall–Kier alpha value is -2.51. The summed E-state index contributed by atoms with van der Waals surface area (Å²) in [6.07, 6.45) is 1.61. The van der Waals surface area contributed by atoms with Crippen molar-refractivity contribution in [2.45, 2.75) is 25.4 Å². The number of hydrogen-bond acceptors (Lipinski definition) is 3. The van der Waals surface area contributed by atoms with Gasteiger partial charge in [-0.15, -0.1) is 0 Å². The van der Waals surface area contributed by atoms with Crippen molar-refractivity contribution in [3.05, 3.63) is 70.2 Å². The Morgan fingerprint density at radius 2 is 1.76 bits per heavy atom. The second-order valence-electron chi connectivity index (χ2n) is 7.05. The summed E-state index contributed by atoms with van der Waals surface area (Å²) in [5, 5.41) is 5.96. The summed E-state index contributed by atoms with van der Waals surface area (Å²) < 4.78 is 26.5. The van der Waals surface area contributed by atoms with Crippen LogP contribution in [-0.2, 0) is 11.3 Å². The molecule has 0 aliphatic carbocycles. The maximum atomic E-state index is 13.6. The van der Waals surface area contributed by atoms with Crippen LogP contribution in [0, 0.1) is 11.6 Å². The molecule has 2 N–H and O–H groups in total. The van der Waals surface area contributed by atoms with Gasteiger partial charge in [0.2, 0.25) is 5.91 Å². The van der Waals surface area contributed by atoms with Gasteiger partial charge in [0.15, 0.2) is 0 Å². The van der Waals surface area contributed by atoms with E-state index in [9.17, 15) is 18.4 Å². The van der Waals surface area contributed by atoms with Crippen molar-refractivity contribution in [2.75, 3.05) is 19.6 Å². The van der Waals surface area contributed by atoms with Crippen molar-refractivity contribution in [2.24, 2.45) is 0 Å². The molecule has 5 nitrogen and oxygen atoms in total. The van der Waals surface area contributed by atoms with Gasteiger partial charge in [0.25, 0.3) is 5.91 Å². The van der Waals surface area contributed by atoms with Crippen LogP contribution >= 0.6 is 11.6 Å². The maximum Gasteiger partial charge on any atom is 0.254 e. The average molecular weight is 422 g/mol. The van der Waals surface area contributed by atoms with Crippen LogP contribution in [-0.4, -0.2) is 42.4 Å². The van der Waals surface area contributed by atoms with Crippen molar-refractivity contribution >= 4 is 23.4 Å². The summed E-state index contributed by atoms with van der Waals surface area (Å²) in [4.78, 5) is 26.3. The summed E-state index contributed by atoms with van der Waals surface area (Å²) in [5.74, 6) is -2.82. The molecule has 1 aliphatic heterocycles. The molecule has 0 aromatic heterocycles. The van der Waals surface area contributed by atoms with Gasteiger partial charge in [0, 0.05) is 36.8 Å². The van der Waals surface area contributed by atoms with Gasteiger partial charge in [0.05, 0.1) is 12.1 Å². The van der Waals surface area contributed by atoms with Crippen LogP contribution < -0.4 is 10.6 Å². The first-order valence-corrected chi connectivity index (χ1v) is 9.78. The van der Waals surface area contributed by atoms with Gasteiger partial charge in [-0.3, -0.25) is 14.5 Å². The highest BCUT2D eigenvalue weighted by Gasteiger charge is 2.21. The summed E-state index contributed by atoms with van der Waals surface area (Å²) in [5.41, 5.74) is 0.891. The molecule has 29 heavy (non-hydrogen) atoms. The summed E-state index contributed by atoms with van der Waals surface area (Å²) in [6.45, 7) is 2.26. The molecule has 0 saturated carbocycles. The first kappa shape index (κ1) is 21.2. The molecule has 0 unspecified atom stereocenters. The molecule has 0 atom stereocenters. The van der Waals surface area contributed by atoms with Crippen LogP contribution in [0.5, 0.6) is 0 Å². The Balaban J connectivity index is 1.39. The molecule has 0 spiro atoms. The lowest BCUT2D eigenvalue weighted by molar-refractivity contribution is -0.121. The van der Waals surface area contributed by atoms with E-state index in [-0.39, 0.29) is 24.1 Å². The minimum absolute atomic E-state index is 0.0310. The third-order valence-electron chi connectivity index (χ3n) is 4.86. The van der Waals surface area contributed by atoms with Crippen LogP contribution in [0.4, 0.5) is 8.78 Å². The summed E-state index contributed by atoms with van der Waals surface area (Å²) in [7, 11) is 0. The van der Waals surface area contributed by atoms with Crippen LogP contribution in [0.25, 0.3) is 0 Å². The zero-order chi connectivity index (χ0) is 20.8. The summed E-state index contributed by atoms with van der Waals surface area (Å²) in [6, 6.07) is 10.5. The van der Waals surface area contributed by atoms with Crippen molar-refractivity contribution in [3.63, 3.8) is 0 Å². The van der Waals surface area contributed by atoms with E-state index in [1.807, 2.05) is 24.3 Å². The lowest BCUT2D eigenvalue weighted by Crippen LogP contribution is -2.47. The number of benzene rings is 2.